The molecule has 0 aliphatic rings. The lowest BCUT2D eigenvalue weighted by Crippen LogP contribution is -2.26. The third-order valence-electron chi connectivity index (χ3n) is 1.75. The molecule has 0 radical (unpaired) electrons. The highest BCUT2D eigenvalue weighted by Crippen LogP contribution is 2.30. The molecule has 2 N–H and O–H groups in total. The van der Waals surface area contributed by atoms with E-state index in [0.717, 1.165) is 12.1 Å². The van der Waals surface area contributed by atoms with Crippen LogP contribution in [-0.4, -0.2) is 7.05 Å². The Morgan fingerprint density at radius 3 is 2.40 bits per heavy atom. The second-order valence-corrected chi connectivity index (χ2v) is 2.95. The summed E-state index contributed by atoms with van der Waals surface area (Å²) in [6.07, 6.45) is -4.52. The SMILES string of the molecule is CNNCc1cc(F)cc(C(F)(F)F)c1. The predicted octanol–water partition coefficient (Wildman–Crippen LogP) is 2.07. The Hall–Kier alpha value is -1.14. The Kier molecular flexibility index (Phi) is 3.65. The van der Waals surface area contributed by atoms with E-state index in [2.05, 4.69) is 10.9 Å². The average Bonchev–Trinajstić information content (AvgIpc) is 2.12. The topological polar surface area (TPSA) is 24.1 Å². The van der Waals surface area contributed by atoms with E-state index in [1.54, 1.807) is 7.05 Å². The van der Waals surface area contributed by atoms with Crippen molar-refractivity contribution in [2.45, 2.75) is 12.7 Å². The highest BCUT2D eigenvalue weighted by Gasteiger charge is 2.31. The minimum atomic E-state index is -4.52. The largest absolute Gasteiger partial charge is 0.416 e. The molecule has 0 saturated carbocycles. The summed E-state index contributed by atoms with van der Waals surface area (Å²) in [6.45, 7) is 0.122. The van der Waals surface area contributed by atoms with E-state index in [-0.39, 0.29) is 12.1 Å². The maximum absolute atomic E-state index is 12.8. The first-order chi connectivity index (χ1) is 6.93. The van der Waals surface area contributed by atoms with Gasteiger partial charge in [0.15, 0.2) is 0 Å². The smallest absolute Gasteiger partial charge is 0.261 e. The highest BCUT2D eigenvalue weighted by molar-refractivity contribution is 5.26. The Morgan fingerprint density at radius 1 is 1.20 bits per heavy atom. The van der Waals surface area contributed by atoms with Gasteiger partial charge in [0.05, 0.1) is 5.56 Å². The van der Waals surface area contributed by atoms with Gasteiger partial charge in [0.1, 0.15) is 5.82 Å². The van der Waals surface area contributed by atoms with Crippen LogP contribution >= 0.6 is 0 Å². The average molecular weight is 222 g/mol. The fraction of sp³-hybridized carbons (Fsp3) is 0.333. The van der Waals surface area contributed by atoms with Gasteiger partial charge in [-0.2, -0.15) is 13.2 Å². The fourth-order valence-corrected chi connectivity index (χ4v) is 1.11. The van der Waals surface area contributed by atoms with E-state index in [9.17, 15) is 17.6 Å². The summed E-state index contributed by atoms with van der Waals surface area (Å²) in [5.41, 5.74) is 4.38. The van der Waals surface area contributed by atoms with Gasteiger partial charge >= 0.3 is 6.18 Å². The Morgan fingerprint density at radius 2 is 1.87 bits per heavy atom. The van der Waals surface area contributed by atoms with Crippen molar-refractivity contribution in [3.8, 4) is 0 Å². The van der Waals surface area contributed by atoms with Crippen molar-refractivity contribution in [3.05, 3.63) is 35.1 Å². The quantitative estimate of drug-likeness (QED) is 0.604. The zero-order chi connectivity index (χ0) is 11.5. The zero-order valence-electron chi connectivity index (χ0n) is 7.95. The third kappa shape index (κ3) is 3.49. The number of halogens is 4. The Bertz CT molecular complexity index is 335. The molecule has 0 aromatic heterocycles. The molecule has 0 amide bonds. The minimum Gasteiger partial charge on any atom is -0.261 e. The van der Waals surface area contributed by atoms with Crippen LogP contribution in [0, 0.1) is 5.82 Å². The van der Waals surface area contributed by atoms with Crippen molar-refractivity contribution in [2.75, 3.05) is 7.05 Å². The molecule has 0 fully saturated rings. The molecule has 1 rings (SSSR count). The normalized spacial score (nSPS) is 11.8. The molecule has 6 heteroatoms. The van der Waals surface area contributed by atoms with Gasteiger partial charge in [-0.3, -0.25) is 10.9 Å². The van der Waals surface area contributed by atoms with E-state index in [1.165, 1.54) is 0 Å². The highest BCUT2D eigenvalue weighted by atomic mass is 19.4. The molecule has 0 heterocycles. The first-order valence-corrected chi connectivity index (χ1v) is 4.20. The molecule has 0 spiro atoms. The first-order valence-electron chi connectivity index (χ1n) is 4.20. The van der Waals surface area contributed by atoms with Crippen molar-refractivity contribution in [3.63, 3.8) is 0 Å². The van der Waals surface area contributed by atoms with E-state index in [0.29, 0.717) is 6.07 Å². The first kappa shape index (κ1) is 11.9. The number of benzene rings is 1. The standard InChI is InChI=1S/C9H10F4N2/c1-14-15-5-6-2-7(9(11,12)13)4-8(10)3-6/h2-4,14-15H,5H2,1H3. The van der Waals surface area contributed by atoms with Crippen LogP contribution in [0.4, 0.5) is 17.6 Å². The molecule has 15 heavy (non-hydrogen) atoms. The molecule has 0 unspecified atom stereocenters. The summed E-state index contributed by atoms with van der Waals surface area (Å²) in [4.78, 5) is 0. The van der Waals surface area contributed by atoms with Gasteiger partial charge in [-0.1, -0.05) is 0 Å². The number of nitrogens with one attached hydrogen (secondary N) is 2. The van der Waals surface area contributed by atoms with Crippen molar-refractivity contribution < 1.29 is 17.6 Å². The molecule has 0 aliphatic carbocycles. The zero-order valence-corrected chi connectivity index (χ0v) is 7.95. The summed E-state index contributed by atoms with van der Waals surface area (Å²) in [6, 6.07) is 2.44. The van der Waals surface area contributed by atoms with Crippen LogP contribution in [0.3, 0.4) is 0 Å². The van der Waals surface area contributed by atoms with Crippen molar-refractivity contribution >= 4 is 0 Å². The van der Waals surface area contributed by atoms with Gasteiger partial charge < -0.3 is 0 Å². The number of alkyl halides is 3. The lowest BCUT2D eigenvalue weighted by Gasteiger charge is -2.09. The van der Waals surface area contributed by atoms with Crippen LogP contribution in [0.1, 0.15) is 11.1 Å². The monoisotopic (exact) mass is 222 g/mol. The van der Waals surface area contributed by atoms with E-state index in [1.807, 2.05) is 0 Å². The molecule has 0 bridgehead atoms. The van der Waals surface area contributed by atoms with Gasteiger partial charge in [0, 0.05) is 6.54 Å². The van der Waals surface area contributed by atoms with Gasteiger partial charge in [0.2, 0.25) is 0 Å². The number of hydrogen-bond donors (Lipinski definition) is 2. The van der Waals surface area contributed by atoms with Crippen LogP contribution < -0.4 is 10.9 Å². The maximum atomic E-state index is 12.8. The van der Waals surface area contributed by atoms with Crippen LogP contribution in [0.25, 0.3) is 0 Å². The summed E-state index contributed by atoms with van der Waals surface area (Å²) in [5, 5.41) is 0. The van der Waals surface area contributed by atoms with Crippen molar-refractivity contribution in [1.82, 2.24) is 10.9 Å². The molecule has 84 valence electrons. The van der Waals surface area contributed by atoms with Gasteiger partial charge in [-0.25, -0.2) is 4.39 Å². The van der Waals surface area contributed by atoms with Gasteiger partial charge in [0.25, 0.3) is 0 Å². The molecular formula is C9H10F4N2. The van der Waals surface area contributed by atoms with Crippen LogP contribution in [-0.2, 0) is 12.7 Å². The summed E-state index contributed by atoms with van der Waals surface area (Å²) >= 11 is 0. The minimum absolute atomic E-state index is 0.122. The summed E-state index contributed by atoms with van der Waals surface area (Å²) < 4.78 is 49.6. The second kappa shape index (κ2) is 4.59. The third-order valence-corrected chi connectivity index (χ3v) is 1.75. The molecule has 1 aromatic carbocycles. The van der Waals surface area contributed by atoms with E-state index < -0.39 is 17.6 Å². The fourth-order valence-electron chi connectivity index (χ4n) is 1.11. The predicted molar refractivity (Wildman–Crippen MR) is 47.3 cm³/mol. The number of hydrazine groups is 1. The van der Waals surface area contributed by atoms with Gasteiger partial charge in [-0.05, 0) is 30.8 Å². The molecule has 0 atom stereocenters. The summed E-state index contributed by atoms with van der Waals surface area (Å²) in [5.74, 6) is -0.891. The van der Waals surface area contributed by atoms with Crippen LogP contribution in [0.5, 0.6) is 0 Å². The summed E-state index contributed by atoms with van der Waals surface area (Å²) in [7, 11) is 1.57. The van der Waals surface area contributed by atoms with Crippen molar-refractivity contribution in [2.24, 2.45) is 0 Å². The molecule has 1 aromatic rings. The lowest BCUT2D eigenvalue weighted by molar-refractivity contribution is -0.137. The van der Waals surface area contributed by atoms with Gasteiger partial charge in [-0.15, -0.1) is 0 Å². The molecule has 0 saturated heterocycles. The molecular weight excluding hydrogens is 212 g/mol. The van der Waals surface area contributed by atoms with Crippen LogP contribution in [0.15, 0.2) is 18.2 Å². The number of rotatable bonds is 3. The Balaban J connectivity index is 2.95. The second-order valence-electron chi connectivity index (χ2n) is 2.95. The van der Waals surface area contributed by atoms with E-state index >= 15 is 0 Å². The Labute approximate surface area is 84.3 Å². The van der Waals surface area contributed by atoms with Crippen LogP contribution in [0.2, 0.25) is 0 Å². The molecule has 0 aliphatic heterocycles. The van der Waals surface area contributed by atoms with E-state index in [4.69, 9.17) is 0 Å². The number of hydrogen-bond acceptors (Lipinski definition) is 2. The maximum Gasteiger partial charge on any atom is 0.416 e. The van der Waals surface area contributed by atoms with Crippen molar-refractivity contribution in [1.29, 1.82) is 0 Å². The molecule has 2 nitrogen and oxygen atoms in total. The lowest BCUT2D eigenvalue weighted by atomic mass is 10.1.